The first kappa shape index (κ1) is 48.6. The average molecular weight is 911 g/mol. The lowest BCUT2D eigenvalue weighted by molar-refractivity contribution is -0.143. The van der Waals surface area contributed by atoms with Crippen LogP contribution in [0.3, 0.4) is 0 Å². The second-order valence-electron chi connectivity index (χ2n) is 16.4. The molecule has 2 N–H and O–H groups in total. The monoisotopic (exact) mass is 910 g/mol. The highest BCUT2D eigenvalue weighted by Gasteiger charge is 2.46. The summed E-state index contributed by atoms with van der Waals surface area (Å²) in [6.45, 7) is 12.5. The maximum atomic E-state index is 11.5. The number of esters is 2. The third kappa shape index (κ3) is 12.2. The van der Waals surface area contributed by atoms with Gasteiger partial charge in [0.1, 0.15) is 50.1 Å². The molecule has 2 atom stereocenters. The fraction of sp³-hybridized carbons (Fsp3) is 0.309. The van der Waals surface area contributed by atoms with Crippen molar-refractivity contribution >= 4 is 33.5 Å². The molecule has 67 heavy (non-hydrogen) atoms. The second kappa shape index (κ2) is 23.4. The number of hydrogen-bond acceptors (Lipinski definition) is 12. The normalized spacial score (nSPS) is 13.4. The van der Waals surface area contributed by atoms with Crippen LogP contribution in [0.2, 0.25) is 0 Å². The number of carbonyl (C=O) groups is 2. The second-order valence-corrected chi connectivity index (χ2v) is 16.4. The molecule has 0 aromatic heterocycles. The predicted molar refractivity (Wildman–Crippen MR) is 257 cm³/mol. The SMILES string of the molecule is C=C(C)C(=O)OCC(O)COCCOCCOc1ccc2cc(C3(c4ccc5cc(OCCOCCOCC(O)COC(=O)C(=C)C)ccc5c4)c4ccccc4-c4ccccc43)ccc2c1. The summed E-state index contributed by atoms with van der Waals surface area (Å²) < 4.78 is 44.2. The van der Waals surface area contributed by atoms with Gasteiger partial charge in [0, 0.05) is 11.1 Å². The van der Waals surface area contributed by atoms with E-state index >= 15 is 0 Å². The Morgan fingerprint density at radius 2 is 0.851 bits per heavy atom. The molecule has 0 fully saturated rings. The third-order valence-electron chi connectivity index (χ3n) is 11.3. The first-order valence-corrected chi connectivity index (χ1v) is 22.4. The standard InChI is InChI=1S/C55H58O12/c1-37(2)53(58)66-35-45(56)33-62-23-21-60-25-27-64-47-19-15-39-29-43(17-13-41(39)31-47)55(51-11-7-5-9-49(51)50-10-6-8-12-52(50)55)44-18-14-42-32-48(20-16-40(42)30-44)65-28-26-61-22-24-63-34-46(57)36-67-54(59)38(3)4/h5-20,29-32,45-46,56-57H,1,3,21-28,33-36H2,2,4H3. The minimum Gasteiger partial charge on any atom is -0.491 e. The molecule has 1 aliphatic carbocycles. The number of benzene rings is 6. The number of hydrogen-bond donors (Lipinski definition) is 2. The van der Waals surface area contributed by atoms with Gasteiger partial charge in [0.05, 0.1) is 58.3 Å². The maximum Gasteiger partial charge on any atom is 0.333 e. The Kier molecular flexibility index (Phi) is 16.9. The zero-order chi connectivity index (χ0) is 47.2. The van der Waals surface area contributed by atoms with Crippen molar-refractivity contribution in [3.63, 3.8) is 0 Å². The van der Waals surface area contributed by atoms with Crippen molar-refractivity contribution in [2.45, 2.75) is 31.5 Å². The Labute approximate surface area is 391 Å². The first-order chi connectivity index (χ1) is 32.5. The quantitative estimate of drug-likeness (QED) is 0.0307. The highest BCUT2D eigenvalue weighted by Crippen LogP contribution is 2.56. The smallest absolute Gasteiger partial charge is 0.333 e. The molecule has 7 rings (SSSR count). The van der Waals surface area contributed by atoms with Gasteiger partial charge in [-0.2, -0.15) is 0 Å². The molecule has 0 saturated heterocycles. The molecule has 12 heteroatoms. The van der Waals surface area contributed by atoms with Crippen molar-refractivity contribution in [3.05, 3.63) is 168 Å². The summed E-state index contributed by atoms with van der Waals surface area (Å²) in [6, 6.07) is 43.1. The maximum absolute atomic E-state index is 11.5. The van der Waals surface area contributed by atoms with Gasteiger partial charge < -0.3 is 48.1 Å². The van der Waals surface area contributed by atoms with Crippen LogP contribution < -0.4 is 9.47 Å². The number of aliphatic hydroxyl groups is 2. The van der Waals surface area contributed by atoms with Crippen LogP contribution >= 0.6 is 0 Å². The van der Waals surface area contributed by atoms with Gasteiger partial charge in [-0.1, -0.05) is 98.1 Å². The molecular weight excluding hydrogens is 853 g/mol. The molecule has 350 valence electrons. The largest absolute Gasteiger partial charge is 0.491 e. The molecule has 12 nitrogen and oxygen atoms in total. The van der Waals surface area contributed by atoms with Crippen molar-refractivity contribution in [2.24, 2.45) is 0 Å². The van der Waals surface area contributed by atoms with Gasteiger partial charge in [-0.3, -0.25) is 0 Å². The van der Waals surface area contributed by atoms with E-state index < -0.39 is 29.6 Å². The molecule has 0 aliphatic heterocycles. The van der Waals surface area contributed by atoms with Crippen LogP contribution in [0.25, 0.3) is 32.7 Å². The molecule has 0 bridgehead atoms. The predicted octanol–water partition coefficient (Wildman–Crippen LogP) is 8.14. The van der Waals surface area contributed by atoms with Crippen LogP contribution in [0.5, 0.6) is 11.5 Å². The Bertz CT molecular complexity index is 2490. The van der Waals surface area contributed by atoms with Gasteiger partial charge in [0.15, 0.2) is 0 Å². The zero-order valence-electron chi connectivity index (χ0n) is 38.1. The Balaban J connectivity index is 0.976. The summed E-state index contributed by atoms with van der Waals surface area (Å²) in [5.74, 6) is 0.387. The minimum atomic E-state index is -0.927. The molecule has 0 spiro atoms. The fourth-order valence-electron chi connectivity index (χ4n) is 8.12. The highest BCUT2D eigenvalue weighted by atomic mass is 16.6. The summed E-state index contributed by atoms with van der Waals surface area (Å²) in [6.07, 6.45) is -1.85. The van der Waals surface area contributed by atoms with Crippen molar-refractivity contribution < 1.29 is 57.7 Å². The van der Waals surface area contributed by atoms with Gasteiger partial charge >= 0.3 is 11.9 Å². The van der Waals surface area contributed by atoms with Crippen LogP contribution in [-0.2, 0) is 43.4 Å². The van der Waals surface area contributed by atoms with Crippen molar-refractivity contribution in [2.75, 3.05) is 79.3 Å². The lowest BCUT2D eigenvalue weighted by Crippen LogP contribution is -2.28. The summed E-state index contributed by atoms with van der Waals surface area (Å²) in [4.78, 5) is 23.0. The van der Waals surface area contributed by atoms with Gasteiger partial charge in [-0.25, -0.2) is 9.59 Å². The average Bonchev–Trinajstić information content (AvgIpc) is 3.64. The molecule has 0 saturated carbocycles. The summed E-state index contributed by atoms with van der Waals surface area (Å²) in [7, 11) is 0. The summed E-state index contributed by atoms with van der Waals surface area (Å²) >= 11 is 0. The van der Waals surface area contributed by atoms with Crippen LogP contribution in [0.1, 0.15) is 36.1 Å². The van der Waals surface area contributed by atoms with E-state index in [1.165, 1.54) is 22.3 Å². The van der Waals surface area contributed by atoms with Gasteiger partial charge in [-0.15, -0.1) is 0 Å². The van der Waals surface area contributed by atoms with E-state index in [9.17, 15) is 19.8 Å². The van der Waals surface area contributed by atoms with Crippen molar-refractivity contribution in [3.8, 4) is 22.6 Å². The number of ether oxygens (including phenoxy) is 8. The molecule has 2 unspecified atom stereocenters. The number of carbonyl (C=O) groups excluding carboxylic acids is 2. The summed E-state index contributed by atoms with van der Waals surface area (Å²) in [5.41, 5.74) is 7.16. The van der Waals surface area contributed by atoms with E-state index in [-0.39, 0.29) is 50.8 Å². The number of fused-ring (bicyclic) bond motifs is 5. The molecule has 6 aromatic rings. The van der Waals surface area contributed by atoms with Gasteiger partial charge in [0.25, 0.3) is 0 Å². The Morgan fingerprint density at radius 1 is 0.478 bits per heavy atom. The molecule has 6 aromatic carbocycles. The first-order valence-electron chi connectivity index (χ1n) is 22.4. The lowest BCUT2D eigenvalue weighted by Gasteiger charge is -2.34. The van der Waals surface area contributed by atoms with Crippen molar-refractivity contribution in [1.82, 2.24) is 0 Å². The Hall–Kier alpha value is -6.38. The Morgan fingerprint density at radius 3 is 1.28 bits per heavy atom. The topological polar surface area (TPSA) is 148 Å². The zero-order valence-corrected chi connectivity index (χ0v) is 38.1. The lowest BCUT2D eigenvalue weighted by atomic mass is 9.67. The molecular formula is C55H58O12. The molecule has 0 amide bonds. The van der Waals surface area contributed by atoms with Crippen LogP contribution in [0, 0.1) is 0 Å². The van der Waals surface area contributed by atoms with E-state index in [4.69, 9.17) is 37.9 Å². The van der Waals surface area contributed by atoms with E-state index in [1.807, 2.05) is 24.3 Å². The van der Waals surface area contributed by atoms with Crippen molar-refractivity contribution in [1.29, 1.82) is 0 Å². The van der Waals surface area contributed by atoms with Crippen LogP contribution in [0.4, 0.5) is 0 Å². The number of aliphatic hydroxyl groups excluding tert-OH is 2. The fourth-order valence-corrected chi connectivity index (χ4v) is 8.12. The van der Waals surface area contributed by atoms with E-state index in [0.717, 1.165) is 44.2 Å². The minimum absolute atomic E-state index is 0.0239. The van der Waals surface area contributed by atoms with E-state index in [0.29, 0.717) is 39.6 Å². The molecule has 0 heterocycles. The highest BCUT2D eigenvalue weighted by molar-refractivity contribution is 5.92. The molecule has 0 radical (unpaired) electrons. The van der Waals surface area contributed by atoms with Gasteiger partial charge in [0.2, 0.25) is 0 Å². The van der Waals surface area contributed by atoms with Crippen LogP contribution in [-0.4, -0.2) is 114 Å². The summed E-state index contributed by atoms with van der Waals surface area (Å²) in [5, 5.41) is 24.2. The van der Waals surface area contributed by atoms with E-state index in [2.05, 4.69) is 110 Å². The van der Waals surface area contributed by atoms with E-state index in [1.54, 1.807) is 13.8 Å². The third-order valence-corrected chi connectivity index (χ3v) is 11.3. The number of rotatable bonds is 26. The molecule has 1 aliphatic rings. The van der Waals surface area contributed by atoms with Crippen LogP contribution in [0.15, 0.2) is 146 Å². The van der Waals surface area contributed by atoms with Gasteiger partial charge in [-0.05, 0) is 105 Å².